The van der Waals surface area contributed by atoms with Crippen LogP contribution in [0, 0.1) is 18.8 Å². The SMILES string of the molecule is Cc1cc(C(=O)NC2CCNCC2)ccc1-c1ccc(C[C@H](NC(=O)C2CCC(CN)CC2)C(=O)Nc2ccc3nc(C(F)(F)F)[nH]c3c2)cc1. The van der Waals surface area contributed by atoms with Gasteiger partial charge in [-0.1, -0.05) is 30.3 Å². The molecule has 2 aliphatic rings. The minimum atomic E-state index is -4.64. The monoisotopic (exact) mass is 703 g/mol. The summed E-state index contributed by atoms with van der Waals surface area (Å²) in [6, 6.07) is 16.8. The van der Waals surface area contributed by atoms with Crippen LogP contribution in [0.15, 0.2) is 60.7 Å². The number of piperidine rings is 1. The number of nitrogens with zero attached hydrogens (tertiary/aromatic N) is 1. The fourth-order valence-electron chi connectivity index (χ4n) is 7.03. The van der Waals surface area contributed by atoms with Crippen molar-refractivity contribution in [1.29, 1.82) is 0 Å². The van der Waals surface area contributed by atoms with Crippen LogP contribution < -0.4 is 27.0 Å². The quantitative estimate of drug-likeness (QED) is 0.129. The lowest BCUT2D eigenvalue weighted by molar-refractivity contribution is -0.144. The van der Waals surface area contributed by atoms with Gasteiger partial charge in [0.25, 0.3) is 5.91 Å². The van der Waals surface area contributed by atoms with Crippen LogP contribution >= 0.6 is 0 Å². The fraction of sp³-hybridized carbons (Fsp3) is 0.421. The summed E-state index contributed by atoms with van der Waals surface area (Å²) in [6.07, 6.45) is 0.436. The summed E-state index contributed by atoms with van der Waals surface area (Å²) in [5.41, 5.74) is 10.6. The van der Waals surface area contributed by atoms with Gasteiger partial charge < -0.3 is 32.0 Å². The number of benzene rings is 3. The number of carbonyl (C=O) groups excluding carboxylic acids is 3. The lowest BCUT2D eigenvalue weighted by Gasteiger charge is -2.28. The molecule has 0 unspecified atom stereocenters. The van der Waals surface area contributed by atoms with E-state index in [1.54, 1.807) is 0 Å². The van der Waals surface area contributed by atoms with E-state index >= 15 is 0 Å². The number of hydrogen-bond acceptors (Lipinski definition) is 6. The largest absolute Gasteiger partial charge is 0.449 e. The van der Waals surface area contributed by atoms with E-state index in [0.29, 0.717) is 30.9 Å². The second kappa shape index (κ2) is 15.6. The molecule has 1 aliphatic heterocycles. The van der Waals surface area contributed by atoms with Gasteiger partial charge in [-0.15, -0.1) is 0 Å². The van der Waals surface area contributed by atoms with Crippen LogP contribution in [0.25, 0.3) is 22.2 Å². The third-order valence-electron chi connectivity index (χ3n) is 10.1. The normalized spacial score (nSPS) is 19.0. The highest BCUT2D eigenvalue weighted by molar-refractivity contribution is 5.99. The van der Waals surface area contributed by atoms with Gasteiger partial charge in [-0.25, -0.2) is 4.98 Å². The summed E-state index contributed by atoms with van der Waals surface area (Å²) in [6.45, 7) is 4.33. The van der Waals surface area contributed by atoms with Crippen LogP contribution in [0.4, 0.5) is 18.9 Å². The molecule has 2 fully saturated rings. The minimum Gasteiger partial charge on any atom is -0.349 e. The predicted octanol–water partition coefficient (Wildman–Crippen LogP) is 5.47. The predicted molar refractivity (Wildman–Crippen MR) is 190 cm³/mol. The summed E-state index contributed by atoms with van der Waals surface area (Å²) < 4.78 is 39.6. The number of imidazole rings is 1. The van der Waals surface area contributed by atoms with Gasteiger partial charge in [0.15, 0.2) is 0 Å². The number of amides is 3. The molecule has 1 saturated carbocycles. The van der Waals surface area contributed by atoms with Gasteiger partial charge in [-0.2, -0.15) is 13.2 Å². The number of aromatic amines is 1. The van der Waals surface area contributed by atoms with Crippen molar-refractivity contribution in [2.75, 3.05) is 25.0 Å². The number of hydrogen-bond donors (Lipinski definition) is 6. The molecule has 1 aliphatic carbocycles. The number of H-pyrrole nitrogens is 1. The van der Waals surface area contributed by atoms with Gasteiger partial charge in [-0.05, 0) is 124 Å². The molecule has 0 radical (unpaired) electrons. The molecule has 1 saturated heterocycles. The molecule has 10 nitrogen and oxygen atoms in total. The van der Waals surface area contributed by atoms with Crippen molar-refractivity contribution in [3.8, 4) is 11.1 Å². The maximum Gasteiger partial charge on any atom is 0.449 e. The zero-order valence-electron chi connectivity index (χ0n) is 28.5. The highest BCUT2D eigenvalue weighted by Crippen LogP contribution is 2.31. The zero-order valence-corrected chi connectivity index (χ0v) is 28.5. The first-order chi connectivity index (χ1) is 24.5. The van der Waals surface area contributed by atoms with E-state index in [-0.39, 0.29) is 46.9 Å². The molecular weight excluding hydrogens is 659 g/mol. The Morgan fingerprint density at radius 1 is 0.941 bits per heavy atom. The number of fused-ring (bicyclic) bond motifs is 1. The van der Waals surface area contributed by atoms with Crippen molar-refractivity contribution >= 4 is 34.4 Å². The minimum absolute atomic E-state index is 0.0822. The third kappa shape index (κ3) is 8.95. The molecule has 7 N–H and O–H groups in total. The van der Waals surface area contributed by atoms with E-state index in [9.17, 15) is 27.6 Å². The van der Waals surface area contributed by atoms with Gasteiger partial charge in [0.05, 0.1) is 11.0 Å². The maximum absolute atomic E-state index is 13.7. The van der Waals surface area contributed by atoms with Crippen LogP contribution in [0.2, 0.25) is 0 Å². The molecule has 6 rings (SSSR count). The molecule has 0 bridgehead atoms. The molecule has 270 valence electrons. The number of rotatable bonds is 10. The van der Waals surface area contributed by atoms with Crippen molar-refractivity contribution in [1.82, 2.24) is 25.9 Å². The van der Waals surface area contributed by atoms with Crippen LogP contribution in [-0.4, -0.2) is 59.4 Å². The smallest absolute Gasteiger partial charge is 0.349 e. The molecular formula is C38H44F3N7O3. The summed E-state index contributed by atoms with van der Waals surface area (Å²) in [4.78, 5) is 45.8. The summed E-state index contributed by atoms with van der Waals surface area (Å²) in [5, 5.41) is 12.2. The number of nitrogens with two attached hydrogens (primary N) is 1. The lowest BCUT2D eigenvalue weighted by atomic mass is 9.81. The molecule has 1 aromatic heterocycles. The maximum atomic E-state index is 13.7. The highest BCUT2D eigenvalue weighted by Gasteiger charge is 2.35. The first-order valence-corrected chi connectivity index (χ1v) is 17.6. The Balaban J connectivity index is 1.16. The van der Waals surface area contributed by atoms with Crippen LogP contribution in [0.3, 0.4) is 0 Å². The Labute approximate surface area is 294 Å². The standard InChI is InChI=1S/C38H44F3N7O3/c1-22-18-27(35(50)44-28-14-16-43-17-15-28)10-12-30(22)25-6-2-23(3-7-25)19-33(46-34(49)26-8-4-24(21-42)5-9-26)36(51)45-29-11-13-31-32(20-29)48-37(47-31)38(39,40)41/h2-3,6-7,10-13,18,20,24,26,28,33,43H,4-5,8-9,14-17,19,21,42H2,1H3,(H,44,50)(H,45,51)(H,46,49)(H,47,48)/t24?,26?,33-/m0/s1. The Kier molecular flexibility index (Phi) is 11.1. The second-order valence-corrected chi connectivity index (χ2v) is 13.7. The average Bonchev–Trinajstić information content (AvgIpc) is 3.57. The second-order valence-electron chi connectivity index (χ2n) is 13.7. The van der Waals surface area contributed by atoms with Crippen molar-refractivity contribution in [2.45, 2.75) is 70.1 Å². The van der Waals surface area contributed by atoms with Gasteiger partial charge in [0.2, 0.25) is 17.6 Å². The van der Waals surface area contributed by atoms with Gasteiger partial charge in [0, 0.05) is 29.6 Å². The van der Waals surface area contributed by atoms with Gasteiger partial charge >= 0.3 is 6.18 Å². The van der Waals surface area contributed by atoms with E-state index in [2.05, 4.69) is 31.2 Å². The van der Waals surface area contributed by atoms with E-state index in [1.807, 2.05) is 49.4 Å². The van der Waals surface area contributed by atoms with E-state index in [4.69, 9.17) is 5.73 Å². The van der Waals surface area contributed by atoms with Crippen LogP contribution in [0.1, 0.15) is 65.8 Å². The Hall–Kier alpha value is -4.75. The Morgan fingerprint density at radius 2 is 1.67 bits per heavy atom. The first-order valence-electron chi connectivity index (χ1n) is 17.6. The van der Waals surface area contributed by atoms with Crippen molar-refractivity contribution < 1.29 is 27.6 Å². The average molecular weight is 704 g/mol. The molecule has 0 spiro atoms. The Bertz CT molecular complexity index is 1860. The summed E-state index contributed by atoms with van der Waals surface area (Å²) >= 11 is 0. The fourth-order valence-corrected chi connectivity index (χ4v) is 7.03. The van der Waals surface area contributed by atoms with Gasteiger partial charge in [-0.3, -0.25) is 14.4 Å². The summed E-state index contributed by atoms with van der Waals surface area (Å²) in [7, 11) is 0. The molecule has 51 heavy (non-hydrogen) atoms. The van der Waals surface area contributed by atoms with Crippen molar-refractivity contribution in [2.24, 2.45) is 17.6 Å². The number of carbonyl (C=O) groups is 3. The van der Waals surface area contributed by atoms with Crippen molar-refractivity contribution in [3.63, 3.8) is 0 Å². The topological polar surface area (TPSA) is 154 Å². The van der Waals surface area contributed by atoms with Crippen LogP contribution in [-0.2, 0) is 22.2 Å². The molecule has 2 heterocycles. The molecule has 4 aromatic rings. The van der Waals surface area contributed by atoms with E-state index in [1.165, 1.54) is 18.2 Å². The summed E-state index contributed by atoms with van der Waals surface area (Å²) in [5.74, 6) is -1.75. The number of nitrogens with one attached hydrogen (secondary N) is 5. The molecule has 3 amide bonds. The van der Waals surface area contributed by atoms with E-state index < -0.39 is 23.9 Å². The third-order valence-corrected chi connectivity index (χ3v) is 10.1. The Morgan fingerprint density at radius 3 is 2.33 bits per heavy atom. The first kappa shape index (κ1) is 36.1. The number of anilines is 1. The van der Waals surface area contributed by atoms with Crippen LogP contribution in [0.5, 0.6) is 0 Å². The van der Waals surface area contributed by atoms with Gasteiger partial charge in [0.1, 0.15) is 6.04 Å². The number of alkyl halides is 3. The zero-order chi connectivity index (χ0) is 36.1. The number of aryl methyl sites for hydroxylation is 1. The number of aromatic nitrogens is 2. The molecule has 13 heteroatoms. The van der Waals surface area contributed by atoms with E-state index in [0.717, 1.165) is 61.0 Å². The van der Waals surface area contributed by atoms with Crippen molar-refractivity contribution in [3.05, 3.63) is 83.2 Å². The number of halogens is 3. The molecule has 3 aromatic carbocycles. The highest BCUT2D eigenvalue weighted by atomic mass is 19.4. The molecule has 1 atom stereocenters. The lowest BCUT2D eigenvalue weighted by Crippen LogP contribution is -2.48.